The van der Waals surface area contributed by atoms with Gasteiger partial charge in [-0.1, -0.05) is 0 Å². The van der Waals surface area contributed by atoms with Crippen molar-refractivity contribution >= 4 is 44.7 Å². The minimum atomic E-state index is -0.480. The zero-order valence-corrected chi connectivity index (χ0v) is 18.0. The zero-order chi connectivity index (χ0) is 22.8. The van der Waals surface area contributed by atoms with Crippen molar-refractivity contribution < 1.29 is 14.0 Å². The first kappa shape index (κ1) is 21.3. The highest BCUT2D eigenvalue weighted by molar-refractivity contribution is 7.19. The summed E-state index contributed by atoms with van der Waals surface area (Å²) in [5.74, 6) is -1.04. The van der Waals surface area contributed by atoms with Crippen LogP contribution in [0, 0.1) is 12.7 Å². The minimum absolute atomic E-state index is 0.197. The third kappa shape index (κ3) is 4.54. The van der Waals surface area contributed by atoms with Gasteiger partial charge in [-0.3, -0.25) is 14.4 Å². The number of carbonyl (C=O) groups excluding carboxylic acids is 2. The number of nitrogens with one attached hydrogen (secondary N) is 2. The molecule has 0 aliphatic heterocycles. The summed E-state index contributed by atoms with van der Waals surface area (Å²) in [6, 6.07) is 12.3. The van der Waals surface area contributed by atoms with E-state index >= 15 is 0 Å². The van der Waals surface area contributed by atoms with Gasteiger partial charge in [-0.2, -0.15) is 5.10 Å². The third-order valence-corrected chi connectivity index (χ3v) is 5.48. The molecule has 0 saturated carbocycles. The molecule has 162 valence electrons. The number of halogens is 1. The highest BCUT2D eigenvalue weighted by Gasteiger charge is 2.18. The molecule has 0 aliphatic rings. The number of fused-ring (bicyclic) bond motifs is 1. The number of aromatic nitrogens is 3. The number of hydrogen-bond donors (Lipinski definition) is 2. The standard InChI is InChI=1S/C22H18FN5O3S/c1-12(29)24-16-7-9-17(10-8-16)26-18(30)11-28-22(31)20-21(32-13(2)25-20)19(27-28)14-3-5-15(23)6-4-14/h3-10H,11H2,1-2H3,(H,24,29)(H,26,30). The summed E-state index contributed by atoms with van der Waals surface area (Å²) in [5.41, 5.74) is 1.91. The van der Waals surface area contributed by atoms with E-state index in [1.165, 1.54) is 30.4 Å². The second-order valence-corrected chi connectivity index (χ2v) is 8.24. The number of nitrogens with zero attached hydrogens (tertiary/aromatic N) is 3. The molecule has 0 fully saturated rings. The topological polar surface area (TPSA) is 106 Å². The van der Waals surface area contributed by atoms with Gasteiger partial charge >= 0.3 is 0 Å². The summed E-state index contributed by atoms with van der Waals surface area (Å²) in [4.78, 5) is 40.9. The Hall–Kier alpha value is -3.92. The number of aryl methyl sites for hydroxylation is 1. The maximum atomic E-state index is 13.4. The zero-order valence-electron chi connectivity index (χ0n) is 17.2. The molecule has 0 spiro atoms. The Morgan fingerprint density at radius 1 is 1.03 bits per heavy atom. The van der Waals surface area contributed by atoms with Gasteiger partial charge in [0.15, 0.2) is 5.52 Å². The van der Waals surface area contributed by atoms with Crippen LogP contribution >= 0.6 is 11.3 Å². The highest BCUT2D eigenvalue weighted by atomic mass is 32.1. The van der Waals surface area contributed by atoms with Gasteiger partial charge in [0.05, 0.1) is 9.71 Å². The molecule has 32 heavy (non-hydrogen) atoms. The Morgan fingerprint density at radius 2 is 1.66 bits per heavy atom. The molecule has 4 rings (SSSR count). The molecule has 0 bridgehead atoms. The number of hydrogen-bond acceptors (Lipinski definition) is 6. The lowest BCUT2D eigenvalue weighted by Gasteiger charge is -2.10. The average molecular weight is 451 g/mol. The van der Waals surface area contributed by atoms with Crippen LogP contribution < -0.4 is 16.2 Å². The van der Waals surface area contributed by atoms with Crippen molar-refractivity contribution in [3.05, 3.63) is 69.7 Å². The molecule has 0 radical (unpaired) electrons. The first-order valence-corrected chi connectivity index (χ1v) is 10.4. The van der Waals surface area contributed by atoms with Crippen molar-refractivity contribution in [1.29, 1.82) is 0 Å². The Labute approximate surface area is 185 Å². The monoisotopic (exact) mass is 451 g/mol. The number of amides is 2. The van der Waals surface area contributed by atoms with Crippen LogP contribution in [0.25, 0.3) is 21.5 Å². The van der Waals surface area contributed by atoms with E-state index in [0.717, 1.165) is 4.68 Å². The SMILES string of the molecule is CC(=O)Nc1ccc(NC(=O)Cn2nc(-c3ccc(F)cc3)c3sc(C)nc3c2=O)cc1. The summed E-state index contributed by atoms with van der Waals surface area (Å²) in [7, 11) is 0. The van der Waals surface area contributed by atoms with Crippen LogP contribution in [-0.2, 0) is 16.1 Å². The van der Waals surface area contributed by atoms with Crippen LogP contribution in [0.1, 0.15) is 11.9 Å². The number of anilines is 2. The summed E-state index contributed by atoms with van der Waals surface area (Å²) in [6.07, 6.45) is 0. The van der Waals surface area contributed by atoms with E-state index in [9.17, 15) is 18.8 Å². The Kier molecular flexibility index (Phi) is 5.78. The highest BCUT2D eigenvalue weighted by Crippen LogP contribution is 2.29. The van der Waals surface area contributed by atoms with Crippen molar-refractivity contribution in [1.82, 2.24) is 14.8 Å². The van der Waals surface area contributed by atoms with Gasteiger partial charge < -0.3 is 10.6 Å². The molecule has 8 nitrogen and oxygen atoms in total. The van der Waals surface area contributed by atoms with Crippen molar-refractivity contribution in [3.63, 3.8) is 0 Å². The second-order valence-electron chi connectivity index (χ2n) is 7.04. The molecule has 2 aromatic heterocycles. The molecule has 4 aromatic rings. The lowest BCUT2D eigenvalue weighted by atomic mass is 10.1. The predicted octanol–water partition coefficient (Wildman–Crippen LogP) is 3.56. The molecule has 0 atom stereocenters. The number of rotatable bonds is 5. The van der Waals surface area contributed by atoms with Crippen LogP contribution in [0.4, 0.5) is 15.8 Å². The fourth-order valence-electron chi connectivity index (χ4n) is 3.15. The fourth-order valence-corrected chi connectivity index (χ4v) is 4.06. The van der Waals surface area contributed by atoms with Crippen LogP contribution in [0.2, 0.25) is 0 Å². The molecule has 0 unspecified atom stereocenters. The molecule has 0 saturated heterocycles. The second kappa shape index (κ2) is 8.67. The smallest absolute Gasteiger partial charge is 0.294 e. The van der Waals surface area contributed by atoms with E-state index in [0.29, 0.717) is 32.3 Å². The van der Waals surface area contributed by atoms with Gasteiger partial charge in [0, 0.05) is 23.9 Å². The van der Waals surface area contributed by atoms with E-state index in [1.807, 2.05) is 0 Å². The van der Waals surface area contributed by atoms with Crippen molar-refractivity contribution in [2.24, 2.45) is 0 Å². The number of thiazole rings is 1. The molecule has 2 N–H and O–H groups in total. The molecular formula is C22H18FN5O3S. The van der Waals surface area contributed by atoms with Gasteiger partial charge in [-0.05, 0) is 55.5 Å². The summed E-state index contributed by atoms with van der Waals surface area (Å²) in [5, 5.41) is 10.4. The molecule has 0 aliphatic carbocycles. The molecular weight excluding hydrogens is 433 g/mol. The molecule has 10 heteroatoms. The van der Waals surface area contributed by atoms with Gasteiger partial charge in [0.2, 0.25) is 11.8 Å². The number of benzene rings is 2. The predicted molar refractivity (Wildman–Crippen MR) is 121 cm³/mol. The fraction of sp³-hybridized carbons (Fsp3) is 0.136. The lowest BCUT2D eigenvalue weighted by Crippen LogP contribution is -2.30. The van der Waals surface area contributed by atoms with Crippen LogP contribution in [0.3, 0.4) is 0 Å². The van der Waals surface area contributed by atoms with E-state index < -0.39 is 11.5 Å². The maximum Gasteiger partial charge on any atom is 0.294 e. The van der Waals surface area contributed by atoms with Crippen molar-refractivity contribution in [2.75, 3.05) is 10.6 Å². The van der Waals surface area contributed by atoms with E-state index in [1.54, 1.807) is 43.3 Å². The minimum Gasteiger partial charge on any atom is -0.326 e. The van der Waals surface area contributed by atoms with Crippen LogP contribution in [-0.4, -0.2) is 26.6 Å². The Bertz CT molecular complexity index is 1380. The van der Waals surface area contributed by atoms with E-state index in [4.69, 9.17) is 0 Å². The summed E-state index contributed by atoms with van der Waals surface area (Å²) >= 11 is 1.32. The van der Waals surface area contributed by atoms with E-state index in [-0.39, 0.29) is 23.8 Å². The summed E-state index contributed by atoms with van der Waals surface area (Å²) < 4.78 is 15.0. The number of carbonyl (C=O) groups is 2. The molecule has 2 heterocycles. The van der Waals surface area contributed by atoms with Crippen LogP contribution in [0.15, 0.2) is 53.3 Å². The van der Waals surface area contributed by atoms with Gasteiger partial charge in [0.25, 0.3) is 5.56 Å². The lowest BCUT2D eigenvalue weighted by molar-refractivity contribution is -0.117. The molecule has 2 amide bonds. The van der Waals surface area contributed by atoms with Gasteiger partial charge in [0.1, 0.15) is 18.1 Å². The van der Waals surface area contributed by atoms with E-state index in [2.05, 4.69) is 20.7 Å². The average Bonchev–Trinajstić information content (AvgIpc) is 3.14. The van der Waals surface area contributed by atoms with Crippen LogP contribution in [0.5, 0.6) is 0 Å². The maximum absolute atomic E-state index is 13.4. The van der Waals surface area contributed by atoms with Crippen molar-refractivity contribution in [2.45, 2.75) is 20.4 Å². The summed E-state index contributed by atoms with van der Waals surface area (Å²) in [6.45, 7) is 2.86. The largest absolute Gasteiger partial charge is 0.326 e. The third-order valence-electron chi connectivity index (χ3n) is 4.51. The molecule has 2 aromatic carbocycles. The Morgan fingerprint density at radius 3 is 2.28 bits per heavy atom. The van der Waals surface area contributed by atoms with Gasteiger partial charge in [-0.25, -0.2) is 14.1 Å². The Balaban J connectivity index is 1.63. The normalized spacial score (nSPS) is 10.8. The van der Waals surface area contributed by atoms with Crippen molar-refractivity contribution in [3.8, 4) is 11.3 Å². The quantitative estimate of drug-likeness (QED) is 0.483. The first-order chi connectivity index (χ1) is 15.3. The first-order valence-electron chi connectivity index (χ1n) is 9.62. The van der Waals surface area contributed by atoms with Gasteiger partial charge in [-0.15, -0.1) is 11.3 Å².